The van der Waals surface area contributed by atoms with Crippen LogP contribution < -0.4 is 14.4 Å². The van der Waals surface area contributed by atoms with Crippen molar-refractivity contribution in [3.8, 4) is 5.75 Å². The van der Waals surface area contributed by atoms with Gasteiger partial charge in [0, 0.05) is 13.1 Å². The van der Waals surface area contributed by atoms with E-state index in [1.54, 1.807) is 26.2 Å². The maximum absolute atomic E-state index is 12.8. The van der Waals surface area contributed by atoms with Crippen LogP contribution in [0.25, 0.3) is 0 Å². The molecule has 1 fully saturated rings. The molecule has 3 rings (SSSR count). The highest BCUT2D eigenvalue weighted by molar-refractivity contribution is 7.92. The van der Waals surface area contributed by atoms with Crippen LogP contribution in [0.2, 0.25) is 0 Å². The zero-order chi connectivity index (χ0) is 19.6. The van der Waals surface area contributed by atoms with Gasteiger partial charge in [-0.3, -0.25) is 4.72 Å². The van der Waals surface area contributed by atoms with E-state index in [-0.39, 0.29) is 4.90 Å². The van der Waals surface area contributed by atoms with Crippen molar-refractivity contribution in [2.45, 2.75) is 38.5 Å². The fraction of sp³-hybridized carbons (Fsp3) is 0.474. The molecule has 1 aromatic heterocycles. The van der Waals surface area contributed by atoms with Crippen LogP contribution in [0.15, 0.2) is 29.4 Å². The van der Waals surface area contributed by atoms with Crippen molar-refractivity contribution in [3.05, 3.63) is 35.7 Å². The maximum Gasteiger partial charge on any atom is 0.262 e. The normalized spacial score (nSPS) is 15.6. The van der Waals surface area contributed by atoms with E-state index >= 15 is 0 Å². The van der Waals surface area contributed by atoms with Crippen molar-refractivity contribution in [2.24, 2.45) is 5.92 Å². The Kier molecular flexibility index (Phi) is 5.55. The van der Waals surface area contributed by atoms with Crippen LogP contribution >= 0.6 is 0 Å². The fourth-order valence-electron chi connectivity index (χ4n) is 3.24. The molecule has 1 saturated heterocycles. The van der Waals surface area contributed by atoms with Crippen molar-refractivity contribution in [2.75, 3.05) is 29.8 Å². The first-order chi connectivity index (χ1) is 12.8. The van der Waals surface area contributed by atoms with Crippen LogP contribution in [0, 0.1) is 19.8 Å². The summed E-state index contributed by atoms with van der Waals surface area (Å²) in [6.45, 7) is 7.71. The van der Waals surface area contributed by atoms with Gasteiger partial charge in [-0.1, -0.05) is 6.92 Å². The van der Waals surface area contributed by atoms with Crippen molar-refractivity contribution in [3.63, 3.8) is 0 Å². The van der Waals surface area contributed by atoms with Gasteiger partial charge >= 0.3 is 0 Å². The third-order valence-corrected chi connectivity index (χ3v) is 6.68. The number of nitrogens with one attached hydrogen (secondary N) is 1. The SMILES string of the molecule is COc1ccc(S(=O)(=O)Nc2cnc(N3CCC(C)CC3)nc2)c(C)c1C. The van der Waals surface area contributed by atoms with Crippen molar-refractivity contribution in [1.82, 2.24) is 9.97 Å². The Hall–Kier alpha value is -2.35. The van der Waals surface area contributed by atoms with Crippen molar-refractivity contribution < 1.29 is 13.2 Å². The number of methoxy groups -OCH3 is 1. The Morgan fingerprint density at radius 2 is 1.74 bits per heavy atom. The zero-order valence-corrected chi connectivity index (χ0v) is 17.0. The Morgan fingerprint density at radius 3 is 2.33 bits per heavy atom. The average Bonchev–Trinajstić information content (AvgIpc) is 2.65. The maximum atomic E-state index is 12.8. The summed E-state index contributed by atoms with van der Waals surface area (Å²) in [5, 5.41) is 0. The predicted molar refractivity (Wildman–Crippen MR) is 106 cm³/mol. The topological polar surface area (TPSA) is 84.4 Å². The summed E-state index contributed by atoms with van der Waals surface area (Å²) in [6, 6.07) is 3.21. The molecule has 27 heavy (non-hydrogen) atoms. The molecule has 1 aliphatic heterocycles. The highest BCUT2D eigenvalue weighted by atomic mass is 32.2. The molecule has 8 heteroatoms. The molecule has 146 valence electrons. The Morgan fingerprint density at radius 1 is 1.11 bits per heavy atom. The minimum Gasteiger partial charge on any atom is -0.496 e. The number of benzene rings is 1. The minimum atomic E-state index is -3.74. The van der Waals surface area contributed by atoms with Gasteiger partial charge in [-0.05, 0) is 55.9 Å². The van der Waals surface area contributed by atoms with E-state index in [4.69, 9.17) is 4.74 Å². The van der Waals surface area contributed by atoms with E-state index < -0.39 is 10.0 Å². The summed E-state index contributed by atoms with van der Waals surface area (Å²) in [6.07, 6.45) is 5.27. The van der Waals surface area contributed by atoms with E-state index in [2.05, 4.69) is 26.5 Å². The minimum absolute atomic E-state index is 0.217. The van der Waals surface area contributed by atoms with Crippen molar-refractivity contribution in [1.29, 1.82) is 0 Å². The zero-order valence-electron chi connectivity index (χ0n) is 16.2. The molecular formula is C19H26N4O3S. The molecule has 0 amide bonds. The van der Waals surface area contributed by atoms with Gasteiger partial charge in [0.05, 0.1) is 30.1 Å². The molecule has 1 aromatic carbocycles. The molecule has 0 unspecified atom stereocenters. The van der Waals surface area contributed by atoms with Gasteiger partial charge in [-0.2, -0.15) is 0 Å². The van der Waals surface area contributed by atoms with E-state index in [1.165, 1.54) is 12.4 Å². The Labute approximate surface area is 160 Å². The van der Waals surface area contributed by atoms with Crippen LogP contribution in [0.4, 0.5) is 11.6 Å². The van der Waals surface area contributed by atoms with E-state index in [0.717, 1.165) is 37.4 Å². The van der Waals surface area contributed by atoms with Gasteiger partial charge in [0.2, 0.25) is 5.95 Å². The summed E-state index contributed by atoms with van der Waals surface area (Å²) >= 11 is 0. The Bertz CT molecular complexity index is 905. The van der Waals surface area contributed by atoms with Crippen LogP contribution in [0.3, 0.4) is 0 Å². The molecular weight excluding hydrogens is 364 g/mol. The third-order valence-electron chi connectivity index (χ3n) is 5.15. The highest BCUT2D eigenvalue weighted by Crippen LogP contribution is 2.28. The Balaban J connectivity index is 1.77. The first-order valence-corrected chi connectivity index (χ1v) is 10.5. The monoisotopic (exact) mass is 390 g/mol. The standard InChI is InChI=1S/C19H26N4O3S/c1-13-7-9-23(10-8-13)19-20-11-16(12-21-19)22-27(24,25)18-6-5-17(26-4)14(2)15(18)3/h5-6,11-13,22H,7-10H2,1-4H3. The largest absolute Gasteiger partial charge is 0.496 e. The lowest BCUT2D eigenvalue weighted by atomic mass is 10.00. The van der Waals surface area contributed by atoms with Gasteiger partial charge in [0.1, 0.15) is 5.75 Å². The first-order valence-electron chi connectivity index (χ1n) is 9.06. The first kappa shape index (κ1) is 19.4. The van der Waals surface area contributed by atoms with E-state index in [9.17, 15) is 8.42 Å². The molecule has 1 N–H and O–H groups in total. The van der Waals surface area contributed by atoms with E-state index in [0.29, 0.717) is 22.9 Å². The second kappa shape index (κ2) is 7.72. The number of aromatic nitrogens is 2. The molecule has 0 atom stereocenters. The molecule has 0 spiro atoms. The van der Waals surface area contributed by atoms with Gasteiger partial charge < -0.3 is 9.64 Å². The smallest absolute Gasteiger partial charge is 0.262 e. The number of sulfonamides is 1. The molecule has 7 nitrogen and oxygen atoms in total. The summed E-state index contributed by atoms with van der Waals surface area (Å²) in [4.78, 5) is 11.0. The number of ether oxygens (including phenoxy) is 1. The molecule has 0 bridgehead atoms. The van der Waals surface area contributed by atoms with Gasteiger partial charge in [0.25, 0.3) is 10.0 Å². The molecule has 2 aromatic rings. The second-order valence-electron chi connectivity index (χ2n) is 7.06. The number of anilines is 2. The lowest BCUT2D eigenvalue weighted by Gasteiger charge is -2.30. The molecule has 1 aliphatic rings. The molecule has 0 aliphatic carbocycles. The molecule has 0 radical (unpaired) electrons. The van der Waals surface area contributed by atoms with Gasteiger partial charge in [0.15, 0.2) is 0 Å². The second-order valence-corrected chi connectivity index (χ2v) is 8.71. The number of rotatable bonds is 5. The number of hydrogen-bond donors (Lipinski definition) is 1. The van der Waals surface area contributed by atoms with Crippen molar-refractivity contribution >= 4 is 21.7 Å². The number of nitrogens with zero attached hydrogens (tertiary/aromatic N) is 3. The summed E-state index contributed by atoms with van der Waals surface area (Å²) in [5.41, 5.74) is 1.80. The summed E-state index contributed by atoms with van der Waals surface area (Å²) in [7, 11) is -2.17. The quantitative estimate of drug-likeness (QED) is 0.844. The molecule has 2 heterocycles. The van der Waals surface area contributed by atoms with Crippen LogP contribution in [-0.2, 0) is 10.0 Å². The number of hydrogen-bond acceptors (Lipinski definition) is 6. The highest BCUT2D eigenvalue weighted by Gasteiger charge is 2.21. The average molecular weight is 391 g/mol. The van der Waals surface area contributed by atoms with Crippen LogP contribution in [-0.4, -0.2) is 38.6 Å². The lowest BCUT2D eigenvalue weighted by Crippen LogP contribution is -2.34. The summed E-state index contributed by atoms with van der Waals surface area (Å²) in [5.74, 6) is 2.03. The fourth-order valence-corrected chi connectivity index (χ4v) is 4.57. The third kappa shape index (κ3) is 4.16. The van der Waals surface area contributed by atoms with Gasteiger partial charge in [-0.25, -0.2) is 18.4 Å². The summed E-state index contributed by atoms with van der Waals surface area (Å²) < 4.78 is 33.4. The van der Waals surface area contributed by atoms with E-state index in [1.807, 2.05) is 6.92 Å². The number of piperidine rings is 1. The van der Waals surface area contributed by atoms with Crippen LogP contribution in [0.1, 0.15) is 30.9 Å². The lowest BCUT2D eigenvalue weighted by molar-refractivity contribution is 0.411. The molecule has 0 saturated carbocycles. The predicted octanol–water partition coefficient (Wildman–Crippen LogP) is 3.14. The van der Waals surface area contributed by atoms with Gasteiger partial charge in [-0.15, -0.1) is 0 Å². The van der Waals surface area contributed by atoms with Crippen LogP contribution in [0.5, 0.6) is 5.75 Å².